The number of rotatable bonds is 4. The van der Waals surface area contributed by atoms with E-state index in [0.29, 0.717) is 18.5 Å². The first-order valence-corrected chi connectivity index (χ1v) is 5.81. The second kappa shape index (κ2) is 5.35. The lowest BCUT2D eigenvalue weighted by Crippen LogP contribution is -2.54. The minimum absolute atomic E-state index is 0.164. The summed E-state index contributed by atoms with van der Waals surface area (Å²) in [6, 6.07) is 0.498. The molecule has 0 aromatic rings. The van der Waals surface area contributed by atoms with Crippen molar-refractivity contribution in [2.45, 2.75) is 32.7 Å². The number of hydrogen-bond donors (Lipinski definition) is 1. The number of nitrogens with zero attached hydrogens (tertiary/aromatic N) is 2. The van der Waals surface area contributed by atoms with Gasteiger partial charge in [-0.25, -0.2) is 4.79 Å². The summed E-state index contributed by atoms with van der Waals surface area (Å²) in [6.07, 6.45) is 2.01. The summed E-state index contributed by atoms with van der Waals surface area (Å²) in [5, 5.41) is 0. The third-order valence-corrected chi connectivity index (χ3v) is 3.26. The van der Waals surface area contributed by atoms with Crippen LogP contribution in [0.4, 0.5) is 4.79 Å². The highest BCUT2D eigenvalue weighted by molar-refractivity contribution is 5.75. The molecule has 1 rings (SSSR count). The van der Waals surface area contributed by atoms with Crippen LogP contribution in [0.15, 0.2) is 0 Å². The largest absolute Gasteiger partial charge is 0.330 e. The molecule has 2 atom stereocenters. The Morgan fingerprint density at radius 1 is 1.53 bits per heavy atom. The topological polar surface area (TPSA) is 49.6 Å². The van der Waals surface area contributed by atoms with E-state index in [4.69, 9.17) is 5.73 Å². The van der Waals surface area contributed by atoms with Crippen LogP contribution in [0.1, 0.15) is 26.7 Å². The molecule has 15 heavy (non-hydrogen) atoms. The molecule has 2 N–H and O–H groups in total. The Hall–Kier alpha value is -0.770. The molecule has 2 amide bonds. The zero-order valence-electron chi connectivity index (χ0n) is 10.1. The van der Waals surface area contributed by atoms with Crippen molar-refractivity contribution in [2.75, 3.05) is 26.7 Å². The summed E-state index contributed by atoms with van der Waals surface area (Å²) in [5.41, 5.74) is 5.57. The van der Waals surface area contributed by atoms with Gasteiger partial charge in [0.05, 0.1) is 0 Å². The molecule has 1 saturated heterocycles. The highest BCUT2D eigenvalue weighted by Gasteiger charge is 2.31. The third kappa shape index (κ3) is 2.84. The Labute approximate surface area is 92.4 Å². The van der Waals surface area contributed by atoms with Crippen LogP contribution in [-0.4, -0.2) is 48.6 Å². The smallest absolute Gasteiger partial charge is 0.320 e. The fourth-order valence-electron chi connectivity index (χ4n) is 2.11. The van der Waals surface area contributed by atoms with Crippen molar-refractivity contribution >= 4 is 6.03 Å². The van der Waals surface area contributed by atoms with Crippen molar-refractivity contribution in [2.24, 2.45) is 11.7 Å². The van der Waals surface area contributed by atoms with Gasteiger partial charge in [0.15, 0.2) is 0 Å². The van der Waals surface area contributed by atoms with Crippen molar-refractivity contribution in [3.05, 3.63) is 0 Å². The maximum absolute atomic E-state index is 11.9. The Bertz CT molecular complexity index is 220. The predicted molar refractivity (Wildman–Crippen MR) is 61.6 cm³/mol. The summed E-state index contributed by atoms with van der Waals surface area (Å²) in [5.74, 6) is 0.534. The molecule has 0 aromatic carbocycles. The molecule has 1 aliphatic rings. The Balaban J connectivity index is 2.64. The highest BCUT2D eigenvalue weighted by Crippen LogP contribution is 2.19. The average Bonchev–Trinajstić information content (AvgIpc) is 2.22. The van der Waals surface area contributed by atoms with E-state index in [1.807, 2.05) is 16.8 Å². The van der Waals surface area contributed by atoms with Crippen molar-refractivity contribution in [3.8, 4) is 0 Å². The van der Waals surface area contributed by atoms with Gasteiger partial charge in [-0.3, -0.25) is 0 Å². The fraction of sp³-hybridized carbons (Fsp3) is 0.909. The zero-order valence-corrected chi connectivity index (χ0v) is 10.1. The lowest BCUT2D eigenvalue weighted by Gasteiger charge is -2.41. The van der Waals surface area contributed by atoms with Gasteiger partial charge in [-0.05, 0) is 32.2 Å². The van der Waals surface area contributed by atoms with E-state index < -0.39 is 0 Å². The molecule has 88 valence electrons. The first-order chi connectivity index (χ1) is 7.10. The van der Waals surface area contributed by atoms with E-state index in [-0.39, 0.29) is 6.03 Å². The Morgan fingerprint density at radius 3 is 2.73 bits per heavy atom. The van der Waals surface area contributed by atoms with Crippen LogP contribution in [0.5, 0.6) is 0 Å². The number of urea groups is 1. The van der Waals surface area contributed by atoms with Crippen LogP contribution in [-0.2, 0) is 0 Å². The van der Waals surface area contributed by atoms with Gasteiger partial charge >= 0.3 is 6.03 Å². The molecule has 0 saturated carbocycles. The fourth-order valence-corrected chi connectivity index (χ4v) is 2.11. The second-order valence-electron chi connectivity index (χ2n) is 4.52. The predicted octanol–water partition coefficient (Wildman–Crippen LogP) is 1.12. The lowest BCUT2D eigenvalue weighted by atomic mass is 10.0. The summed E-state index contributed by atoms with van der Waals surface area (Å²) >= 11 is 0. The van der Waals surface area contributed by atoms with Crippen LogP contribution in [0.25, 0.3) is 0 Å². The number of amides is 2. The summed E-state index contributed by atoms with van der Waals surface area (Å²) in [7, 11) is 1.88. The van der Waals surface area contributed by atoms with Crippen LogP contribution >= 0.6 is 0 Å². The lowest BCUT2D eigenvalue weighted by molar-refractivity contribution is 0.0933. The second-order valence-corrected chi connectivity index (χ2v) is 4.52. The van der Waals surface area contributed by atoms with Gasteiger partial charge in [0, 0.05) is 26.2 Å². The summed E-state index contributed by atoms with van der Waals surface area (Å²) in [6.45, 7) is 6.65. The van der Waals surface area contributed by atoms with Gasteiger partial charge in [0.1, 0.15) is 0 Å². The molecule has 4 nitrogen and oxygen atoms in total. The molecule has 2 unspecified atom stereocenters. The van der Waals surface area contributed by atoms with E-state index in [1.54, 1.807) is 0 Å². The molecule has 4 heteroatoms. The molecule has 0 bridgehead atoms. The molecule has 1 fully saturated rings. The molecule has 0 aromatic heterocycles. The standard InChI is InChI=1S/C11H23N3O/c1-4-9(2)14-8-10(5-6-12)7-13(3)11(14)15/h9-10H,4-8,12H2,1-3H3. The van der Waals surface area contributed by atoms with Gasteiger partial charge in [-0.2, -0.15) is 0 Å². The third-order valence-electron chi connectivity index (χ3n) is 3.26. The van der Waals surface area contributed by atoms with Gasteiger partial charge in [0.25, 0.3) is 0 Å². The van der Waals surface area contributed by atoms with Gasteiger partial charge in [-0.15, -0.1) is 0 Å². The highest BCUT2D eigenvalue weighted by atomic mass is 16.2. The molecule has 0 radical (unpaired) electrons. The monoisotopic (exact) mass is 213 g/mol. The first-order valence-electron chi connectivity index (χ1n) is 5.81. The van der Waals surface area contributed by atoms with E-state index in [0.717, 1.165) is 25.9 Å². The molecular weight excluding hydrogens is 190 g/mol. The van der Waals surface area contributed by atoms with Gasteiger partial charge in [0.2, 0.25) is 0 Å². The number of hydrogen-bond acceptors (Lipinski definition) is 2. The molecule has 1 heterocycles. The van der Waals surface area contributed by atoms with Crippen molar-refractivity contribution in [1.82, 2.24) is 9.80 Å². The van der Waals surface area contributed by atoms with Gasteiger partial charge in [-0.1, -0.05) is 6.92 Å². The van der Waals surface area contributed by atoms with E-state index in [9.17, 15) is 4.79 Å². The molecule has 1 aliphatic heterocycles. The molecule has 0 aliphatic carbocycles. The first kappa shape index (κ1) is 12.3. The minimum Gasteiger partial charge on any atom is -0.330 e. The summed E-state index contributed by atoms with van der Waals surface area (Å²) in [4.78, 5) is 15.7. The Morgan fingerprint density at radius 2 is 2.20 bits per heavy atom. The average molecular weight is 213 g/mol. The van der Waals surface area contributed by atoms with E-state index >= 15 is 0 Å². The van der Waals surface area contributed by atoms with Crippen molar-refractivity contribution in [3.63, 3.8) is 0 Å². The summed E-state index contributed by atoms with van der Waals surface area (Å²) < 4.78 is 0. The van der Waals surface area contributed by atoms with Crippen LogP contribution < -0.4 is 5.73 Å². The quantitative estimate of drug-likeness (QED) is 0.760. The molecular formula is C11H23N3O. The van der Waals surface area contributed by atoms with E-state index in [2.05, 4.69) is 13.8 Å². The number of nitrogens with two attached hydrogens (primary N) is 1. The van der Waals surface area contributed by atoms with Crippen molar-refractivity contribution in [1.29, 1.82) is 0 Å². The maximum atomic E-state index is 11.9. The minimum atomic E-state index is 0.164. The number of carbonyl (C=O) groups is 1. The van der Waals surface area contributed by atoms with Gasteiger partial charge < -0.3 is 15.5 Å². The maximum Gasteiger partial charge on any atom is 0.320 e. The van der Waals surface area contributed by atoms with Crippen molar-refractivity contribution < 1.29 is 4.79 Å². The Kier molecular flexibility index (Phi) is 4.39. The van der Waals surface area contributed by atoms with Crippen LogP contribution in [0.3, 0.4) is 0 Å². The SMILES string of the molecule is CCC(C)N1CC(CCN)CN(C)C1=O. The van der Waals surface area contributed by atoms with Crippen LogP contribution in [0.2, 0.25) is 0 Å². The molecule has 0 spiro atoms. The normalized spacial score (nSPS) is 24.5. The van der Waals surface area contributed by atoms with E-state index in [1.165, 1.54) is 0 Å². The zero-order chi connectivity index (χ0) is 11.4. The van der Waals surface area contributed by atoms with Crippen LogP contribution in [0, 0.1) is 5.92 Å². The number of carbonyl (C=O) groups excluding carboxylic acids is 1.